The van der Waals surface area contributed by atoms with E-state index in [1.54, 1.807) is 13.8 Å². The summed E-state index contributed by atoms with van der Waals surface area (Å²) in [6.45, 7) is 3.90. The molecule has 1 rings (SSSR count). The van der Waals surface area contributed by atoms with Crippen LogP contribution < -0.4 is 0 Å². The second-order valence-electron chi connectivity index (χ2n) is 4.62. The normalized spacial score (nSPS) is 11.8. The highest BCUT2D eigenvalue weighted by atomic mass is 32.2. The Morgan fingerprint density at radius 2 is 1.90 bits per heavy atom. The van der Waals surface area contributed by atoms with Crippen LogP contribution in [0.1, 0.15) is 31.1 Å². The largest absolute Gasteiger partial charge is 0.480 e. The minimum Gasteiger partial charge on any atom is -0.480 e. The smallest absolute Gasteiger partial charge is 0.318 e. The average Bonchev–Trinajstić information content (AvgIpc) is 2.35. The van der Waals surface area contributed by atoms with Gasteiger partial charge in [0, 0.05) is 11.6 Å². The topological polar surface area (TPSA) is 91.8 Å². The van der Waals surface area contributed by atoms with Crippen LogP contribution in [0.4, 0.5) is 0 Å². The summed E-state index contributed by atoms with van der Waals surface area (Å²) in [5, 5.41) is 8.83. The van der Waals surface area contributed by atoms with E-state index >= 15 is 0 Å². The summed E-state index contributed by atoms with van der Waals surface area (Å²) in [4.78, 5) is 22.0. The molecule has 0 aliphatic heterocycles. The quantitative estimate of drug-likeness (QED) is 0.801. The Hall–Kier alpha value is -1.73. The minimum atomic E-state index is -3.95. The SMILES string of the molecule is CC(=O)c1cccc(S(=O)(=O)N(CC(=O)O)C(C)C)c1. The third kappa shape index (κ3) is 3.64. The number of benzene rings is 1. The Morgan fingerprint density at radius 3 is 2.35 bits per heavy atom. The summed E-state index contributed by atoms with van der Waals surface area (Å²) < 4.78 is 25.8. The van der Waals surface area contributed by atoms with Gasteiger partial charge in [-0.1, -0.05) is 12.1 Å². The molecule has 0 saturated heterocycles. The third-order valence-electron chi connectivity index (χ3n) is 2.71. The first-order chi connectivity index (χ1) is 9.16. The van der Waals surface area contributed by atoms with Crippen LogP contribution in [0.5, 0.6) is 0 Å². The van der Waals surface area contributed by atoms with Gasteiger partial charge in [0.25, 0.3) is 0 Å². The first-order valence-corrected chi connectivity index (χ1v) is 7.45. The molecule has 20 heavy (non-hydrogen) atoms. The number of hydrogen-bond acceptors (Lipinski definition) is 4. The lowest BCUT2D eigenvalue weighted by Gasteiger charge is -2.24. The Balaban J connectivity index is 3.29. The van der Waals surface area contributed by atoms with E-state index < -0.39 is 28.6 Å². The van der Waals surface area contributed by atoms with Crippen molar-refractivity contribution in [3.05, 3.63) is 29.8 Å². The Bertz CT molecular complexity index is 621. The summed E-state index contributed by atoms with van der Waals surface area (Å²) in [6.07, 6.45) is 0. The fourth-order valence-electron chi connectivity index (χ4n) is 1.69. The van der Waals surface area contributed by atoms with E-state index in [0.717, 1.165) is 4.31 Å². The maximum Gasteiger partial charge on any atom is 0.318 e. The summed E-state index contributed by atoms with van der Waals surface area (Å²) in [5.41, 5.74) is 0.269. The van der Waals surface area contributed by atoms with Crippen LogP contribution in [-0.4, -0.2) is 42.2 Å². The van der Waals surface area contributed by atoms with Crippen LogP contribution in [0.3, 0.4) is 0 Å². The van der Waals surface area contributed by atoms with Crippen LogP contribution in [0.2, 0.25) is 0 Å². The zero-order valence-corrected chi connectivity index (χ0v) is 12.3. The van der Waals surface area contributed by atoms with Crippen LogP contribution >= 0.6 is 0 Å². The molecule has 0 aliphatic rings. The molecule has 0 bridgehead atoms. The van der Waals surface area contributed by atoms with Gasteiger partial charge in [-0.25, -0.2) is 8.42 Å². The van der Waals surface area contributed by atoms with Gasteiger partial charge in [-0.2, -0.15) is 4.31 Å². The molecule has 0 aromatic heterocycles. The fourth-order valence-corrected chi connectivity index (χ4v) is 3.32. The minimum absolute atomic E-state index is 0.0832. The van der Waals surface area contributed by atoms with Crippen molar-refractivity contribution < 1.29 is 23.1 Å². The molecule has 0 amide bonds. The number of aliphatic carboxylic acids is 1. The van der Waals surface area contributed by atoms with Gasteiger partial charge in [-0.05, 0) is 32.9 Å². The number of carboxylic acid groups (broad SMARTS) is 1. The molecule has 0 atom stereocenters. The van der Waals surface area contributed by atoms with Gasteiger partial charge in [0.1, 0.15) is 6.54 Å². The number of sulfonamides is 1. The van der Waals surface area contributed by atoms with Gasteiger partial charge < -0.3 is 5.11 Å². The number of carbonyl (C=O) groups is 2. The van der Waals surface area contributed by atoms with Crippen molar-refractivity contribution in [3.63, 3.8) is 0 Å². The maximum absolute atomic E-state index is 12.4. The summed E-state index contributed by atoms with van der Waals surface area (Å²) in [7, 11) is -3.95. The Morgan fingerprint density at radius 1 is 1.30 bits per heavy atom. The highest BCUT2D eigenvalue weighted by molar-refractivity contribution is 7.89. The van der Waals surface area contributed by atoms with Crippen molar-refractivity contribution in [1.29, 1.82) is 0 Å². The lowest BCUT2D eigenvalue weighted by molar-refractivity contribution is -0.137. The third-order valence-corrected chi connectivity index (χ3v) is 4.73. The van der Waals surface area contributed by atoms with E-state index in [1.165, 1.54) is 31.2 Å². The molecule has 110 valence electrons. The van der Waals surface area contributed by atoms with E-state index in [4.69, 9.17) is 5.11 Å². The van der Waals surface area contributed by atoms with Gasteiger partial charge in [-0.3, -0.25) is 9.59 Å². The highest BCUT2D eigenvalue weighted by Crippen LogP contribution is 2.19. The summed E-state index contributed by atoms with van der Waals surface area (Å²) in [6, 6.07) is 5.08. The van der Waals surface area contributed by atoms with Crippen LogP contribution in [0, 0.1) is 0 Å². The molecule has 1 N–H and O–H groups in total. The van der Waals surface area contributed by atoms with E-state index in [2.05, 4.69) is 0 Å². The van der Waals surface area contributed by atoms with Gasteiger partial charge in [0.15, 0.2) is 5.78 Å². The van der Waals surface area contributed by atoms with Gasteiger partial charge in [0.2, 0.25) is 10.0 Å². The molecule has 0 radical (unpaired) electrons. The zero-order valence-electron chi connectivity index (χ0n) is 11.5. The van der Waals surface area contributed by atoms with Crippen molar-refractivity contribution in [1.82, 2.24) is 4.31 Å². The molecule has 7 heteroatoms. The number of carboxylic acids is 1. The monoisotopic (exact) mass is 299 g/mol. The van der Waals surface area contributed by atoms with E-state index in [0.29, 0.717) is 0 Å². The number of ketones is 1. The summed E-state index contributed by atoms with van der Waals surface area (Å²) in [5.74, 6) is -1.48. The fraction of sp³-hybridized carbons (Fsp3) is 0.385. The molecular formula is C13H17NO5S. The number of Topliss-reactive ketones (excluding diaryl/α,β-unsaturated/α-hetero) is 1. The second-order valence-corrected chi connectivity index (χ2v) is 6.51. The number of nitrogens with zero attached hydrogens (tertiary/aromatic N) is 1. The first kappa shape index (κ1) is 16.3. The van der Waals surface area contributed by atoms with Gasteiger partial charge in [-0.15, -0.1) is 0 Å². The highest BCUT2D eigenvalue weighted by Gasteiger charge is 2.29. The predicted molar refractivity (Wildman–Crippen MR) is 73.1 cm³/mol. The second kappa shape index (κ2) is 6.15. The number of carbonyl (C=O) groups excluding carboxylic acids is 1. The van der Waals surface area contributed by atoms with Crippen molar-refractivity contribution in [2.45, 2.75) is 31.7 Å². The molecule has 0 aliphatic carbocycles. The molecule has 0 unspecified atom stereocenters. The van der Waals surface area contributed by atoms with Crippen LogP contribution in [0.15, 0.2) is 29.2 Å². The maximum atomic E-state index is 12.4. The standard InChI is InChI=1S/C13H17NO5S/c1-9(2)14(8-13(16)17)20(18,19)12-6-4-5-11(7-12)10(3)15/h4-7,9H,8H2,1-3H3,(H,16,17). The molecule has 0 fully saturated rings. The number of hydrogen-bond donors (Lipinski definition) is 1. The molecule has 0 saturated carbocycles. The molecule has 0 spiro atoms. The van der Waals surface area contributed by atoms with E-state index in [9.17, 15) is 18.0 Å². The average molecular weight is 299 g/mol. The Labute approximate surface area is 118 Å². The van der Waals surface area contributed by atoms with Crippen LogP contribution in [0.25, 0.3) is 0 Å². The van der Waals surface area contributed by atoms with Crippen molar-refractivity contribution in [3.8, 4) is 0 Å². The van der Waals surface area contributed by atoms with E-state index in [1.807, 2.05) is 0 Å². The molecule has 6 nitrogen and oxygen atoms in total. The summed E-state index contributed by atoms with van der Waals surface area (Å²) >= 11 is 0. The predicted octanol–water partition coefficient (Wildman–Crippen LogP) is 1.37. The Kier molecular flexibility index (Phi) is 5.02. The first-order valence-electron chi connectivity index (χ1n) is 6.01. The van der Waals surface area contributed by atoms with Crippen molar-refractivity contribution >= 4 is 21.8 Å². The van der Waals surface area contributed by atoms with Gasteiger partial charge in [0.05, 0.1) is 4.90 Å². The van der Waals surface area contributed by atoms with Crippen molar-refractivity contribution in [2.24, 2.45) is 0 Å². The molecule has 1 aromatic rings. The lowest BCUT2D eigenvalue weighted by atomic mass is 10.2. The molecular weight excluding hydrogens is 282 g/mol. The molecule has 0 heterocycles. The zero-order chi connectivity index (χ0) is 15.5. The molecule has 1 aromatic carbocycles. The van der Waals surface area contributed by atoms with Crippen molar-refractivity contribution in [2.75, 3.05) is 6.54 Å². The lowest BCUT2D eigenvalue weighted by Crippen LogP contribution is -2.40. The number of rotatable bonds is 6. The van der Waals surface area contributed by atoms with Gasteiger partial charge >= 0.3 is 5.97 Å². The van der Waals surface area contributed by atoms with Crippen LogP contribution in [-0.2, 0) is 14.8 Å². The van der Waals surface area contributed by atoms with E-state index in [-0.39, 0.29) is 16.2 Å².